The molecule has 1 N–H and O–H groups in total. The molecule has 1 saturated heterocycles. The van der Waals surface area contributed by atoms with Crippen LogP contribution in [0.2, 0.25) is 0 Å². The van der Waals surface area contributed by atoms with Crippen molar-refractivity contribution < 1.29 is 14.6 Å². The standard InChI is InChI=1S/C12H21NO3/c1-3-5-10-6-4-7-11(8-9-14)13(10)12(15)16-2/h8-11,14H,3-7H2,1-2H3/b9-8+/t10-,11-/m0/s1. The molecule has 1 fully saturated rings. The number of ether oxygens (including phenoxy) is 1. The molecule has 0 aromatic heterocycles. The molecular formula is C12H21NO3. The fraction of sp³-hybridized carbons (Fsp3) is 0.750. The van der Waals surface area contributed by atoms with E-state index in [0.717, 1.165) is 38.4 Å². The molecule has 0 saturated carbocycles. The number of aliphatic hydroxyl groups excluding tert-OH is 1. The Hall–Kier alpha value is -1.19. The lowest BCUT2D eigenvalue weighted by Crippen LogP contribution is -2.49. The number of rotatable bonds is 3. The van der Waals surface area contributed by atoms with Crippen LogP contribution in [-0.2, 0) is 4.74 Å². The van der Waals surface area contributed by atoms with Crippen LogP contribution in [0.3, 0.4) is 0 Å². The molecule has 0 aromatic rings. The predicted molar refractivity (Wildman–Crippen MR) is 62.3 cm³/mol. The van der Waals surface area contributed by atoms with Gasteiger partial charge in [-0.1, -0.05) is 13.3 Å². The number of hydrogen-bond donors (Lipinski definition) is 1. The van der Waals surface area contributed by atoms with Crippen molar-refractivity contribution in [2.24, 2.45) is 0 Å². The number of amides is 1. The number of carbonyl (C=O) groups is 1. The normalized spacial score (nSPS) is 26.0. The second-order valence-corrected chi connectivity index (χ2v) is 4.16. The van der Waals surface area contributed by atoms with Gasteiger partial charge in [-0.15, -0.1) is 0 Å². The van der Waals surface area contributed by atoms with Crippen molar-refractivity contribution in [3.8, 4) is 0 Å². The summed E-state index contributed by atoms with van der Waals surface area (Å²) >= 11 is 0. The molecule has 1 amide bonds. The van der Waals surface area contributed by atoms with Gasteiger partial charge in [0.05, 0.1) is 19.4 Å². The van der Waals surface area contributed by atoms with E-state index in [1.807, 2.05) is 0 Å². The van der Waals surface area contributed by atoms with Gasteiger partial charge in [0.1, 0.15) is 0 Å². The van der Waals surface area contributed by atoms with Crippen LogP contribution in [-0.4, -0.2) is 35.3 Å². The van der Waals surface area contributed by atoms with Gasteiger partial charge in [-0.2, -0.15) is 0 Å². The zero-order chi connectivity index (χ0) is 12.0. The highest BCUT2D eigenvalue weighted by molar-refractivity contribution is 5.68. The summed E-state index contributed by atoms with van der Waals surface area (Å²) in [6.45, 7) is 2.11. The molecule has 4 nitrogen and oxygen atoms in total. The predicted octanol–water partition coefficient (Wildman–Crippen LogP) is 2.85. The Balaban J connectivity index is 2.79. The maximum Gasteiger partial charge on any atom is 0.410 e. The van der Waals surface area contributed by atoms with E-state index in [1.54, 1.807) is 11.0 Å². The topological polar surface area (TPSA) is 49.8 Å². The van der Waals surface area contributed by atoms with Crippen LogP contribution >= 0.6 is 0 Å². The lowest BCUT2D eigenvalue weighted by Gasteiger charge is -2.39. The summed E-state index contributed by atoms with van der Waals surface area (Å²) in [6, 6.07) is 0.218. The van der Waals surface area contributed by atoms with E-state index in [4.69, 9.17) is 9.84 Å². The van der Waals surface area contributed by atoms with Crippen LogP contribution in [0.1, 0.15) is 39.0 Å². The molecule has 4 heteroatoms. The minimum atomic E-state index is -0.291. The SMILES string of the molecule is CCC[C@H]1CCC[C@@H](/C=C/O)N1C(=O)OC. The van der Waals surface area contributed by atoms with Gasteiger partial charge in [0.2, 0.25) is 0 Å². The fourth-order valence-electron chi connectivity index (χ4n) is 2.41. The quantitative estimate of drug-likeness (QED) is 0.754. The molecule has 1 rings (SSSR count). The third-order valence-corrected chi connectivity index (χ3v) is 3.10. The summed E-state index contributed by atoms with van der Waals surface area (Å²) in [5.74, 6) is 0. The first kappa shape index (κ1) is 12.9. The van der Waals surface area contributed by atoms with Crippen LogP contribution in [0.4, 0.5) is 4.79 Å². The van der Waals surface area contributed by atoms with E-state index in [0.29, 0.717) is 0 Å². The molecule has 0 bridgehead atoms. The highest BCUT2D eigenvalue weighted by atomic mass is 16.5. The number of methoxy groups -OCH3 is 1. The first-order valence-corrected chi connectivity index (χ1v) is 5.91. The second kappa shape index (κ2) is 6.40. The number of carbonyl (C=O) groups excluding carboxylic acids is 1. The van der Waals surface area contributed by atoms with Crippen molar-refractivity contribution in [1.82, 2.24) is 4.90 Å². The lowest BCUT2D eigenvalue weighted by molar-refractivity contribution is 0.0680. The molecule has 1 aliphatic heterocycles. The van der Waals surface area contributed by atoms with Crippen LogP contribution in [0, 0.1) is 0 Å². The number of aliphatic hydroxyl groups is 1. The van der Waals surface area contributed by atoms with E-state index in [1.165, 1.54) is 7.11 Å². The van der Waals surface area contributed by atoms with Gasteiger partial charge in [0, 0.05) is 6.04 Å². The first-order chi connectivity index (χ1) is 7.74. The molecule has 16 heavy (non-hydrogen) atoms. The van der Waals surface area contributed by atoms with E-state index in [9.17, 15) is 4.79 Å². The van der Waals surface area contributed by atoms with Gasteiger partial charge < -0.3 is 9.84 Å². The maximum atomic E-state index is 11.7. The average molecular weight is 227 g/mol. The molecular weight excluding hydrogens is 206 g/mol. The fourth-order valence-corrected chi connectivity index (χ4v) is 2.41. The number of nitrogens with zero attached hydrogens (tertiary/aromatic N) is 1. The van der Waals surface area contributed by atoms with Crippen molar-refractivity contribution in [3.05, 3.63) is 12.3 Å². The van der Waals surface area contributed by atoms with Gasteiger partial charge in [0.25, 0.3) is 0 Å². The van der Waals surface area contributed by atoms with E-state index < -0.39 is 0 Å². The van der Waals surface area contributed by atoms with E-state index in [-0.39, 0.29) is 18.2 Å². The monoisotopic (exact) mass is 227 g/mol. The third-order valence-electron chi connectivity index (χ3n) is 3.10. The Labute approximate surface area is 96.9 Å². The largest absolute Gasteiger partial charge is 0.516 e. The Kier molecular flexibility index (Phi) is 5.15. The van der Waals surface area contributed by atoms with Gasteiger partial charge in [-0.25, -0.2) is 4.79 Å². The summed E-state index contributed by atoms with van der Waals surface area (Å²) in [7, 11) is 1.40. The van der Waals surface area contributed by atoms with Crippen LogP contribution in [0.15, 0.2) is 12.3 Å². The molecule has 1 aliphatic rings. The molecule has 0 aliphatic carbocycles. The van der Waals surface area contributed by atoms with Gasteiger partial charge >= 0.3 is 6.09 Å². The summed E-state index contributed by atoms with van der Waals surface area (Å²) < 4.78 is 4.81. The van der Waals surface area contributed by atoms with Crippen molar-refractivity contribution in [3.63, 3.8) is 0 Å². The van der Waals surface area contributed by atoms with Crippen molar-refractivity contribution in [1.29, 1.82) is 0 Å². The Bertz CT molecular complexity index is 251. The van der Waals surface area contributed by atoms with Crippen LogP contribution in [0.5, 0.6) is 0 Å². The Morgan fingerprint density at radius 2 is 2.31 bits per heavy atom. The zero-order valence-electron chi connectivity index (χ0n) is 10.1. The summed E-state index contributed by atoms with van der Waals surface area (Å²) in [5.41, 5.74) is 0. The van der Waals surface area contributed by atoms with Gasteiger partial charge in [0.15, 0.2) is 0 Å². The second-order valence-electron chi connectivity index (χ2n) is 4.16. The summed E-state index contributed by atoms with van der Waals surface area (Å²) in [6.07, 6.45) is 7.45. The lowest BCUT2D eigenvalue weighted by atomic mass is 9.93. The van der Waals surface area contributed by atoms with Crippen molar-refractivity contribution in [2.45, 2.75) is 51.1 Å². The molecule has 92 valence electrons. The highest BCUT2D eigenvalue weighted by Gasteiger charge is 2.32. The number of hydrogen-bond acceptors (Lipinski definition) is 3. The van der Waals surface area contributed by atoms with Crippen molar-refractivity contribution in [2.75, 3.05) is 7.11 Å². The minimum absolute atomic E-state index is 0.0252. The van der Waals surface area contributed by atoms with Crippen molar-refractivity contribution >= 4 is 6.09 Å². The molecule has 0 radical (unpaired) electrons. The van der Waals surface area contributed by atoms with E-state index >= 15 is 0 Å². The highest BCUT2D eigenvalue weighted by Crippen LogP contribution is 2.27. The molecule has 0 aromatic carbocycles. The molecule has 0 spiro atoms. The molecule has 2 atom stereocenters. The maximum absolute atomic E-state index is 11.7. The van der Waals surface area contributed by atoms with Crippen LogP contribution in [0.25, 0.3) is 0 Å². The number of piperidine rings is 1. The Morgan fingerprint density at radius 1 is 1.56 bits per heavy atom. The Morgan fingerprint density at radius 3 is 2.88 bits per heavy atom. The van der Waals surface area contributed by atoms with Crippen LogP contribution < -0.4 is 0 Å². The summed E-state index contributed by atoms with van der Waals surface area (Å²) in [4.78, 5) is 13.5. The molecule has 0 unspecified atom stereocenters. The zero-order valence-corrected chi connectivity index (χ0v) is 10.1. The first-order valence-electron chi connectivity index (χ1n) is 5.91. The minimum Gasteiger partial charge on any atom is -0.516 e. The summed E-state index contributed by atoms with van der Waals surface area (Å²) in [5, 5.41) is 8.85. The average Bonchev–Trinajstić information content (AvgIpc) is 2.29. The smallest absolute Gasteiger partial charge is 0.410 e. The van der Waals surface area contributed by atoms with Gasteiger partial charge in [-0.05, 0) is 31.8 Å². The van der Waals surface area contributed by atoms with Gasteiger partial charge in [-0.3, -0.25) is 4.90 Å². The third kappa shape index (κ3) is 2.90. The number of likely N-dealkylation sites (tertiary alicyclic amines) is 1. The molecule has 1 heterocycles. The van der Waals surface area contributed by atoms with E-state index in [2.05, 4.69) is 6.92 Å².